The summed E-state index contributed by atoms with van der Waals surface area (Å²) in [5, 5.41) is 25.0. The van der Waals surface area contributed by atoms with Gasteiger partial charge in [0.15, 0.2) is 17.4 Å². The first-order valence-electron chi connectivity index (χ1n) is 10.1. The van der Waals surface area contributed by atoms with Crippen LogP contribution in [0.25, 0.3) is 5.65 Å². The van der Waals surface area contributed by atoms with Crippen molar-refractivity contribution < 1.29 is 43.3 Å². The van der Waals surface area contributed by atoms with Gasteiger partial charge in [-0.2, -0.15) is 4.98 Å². The molecular formula is C16H24ClN5O9P2. The SMILES string of the molecule is O=P(O)(O)CP(=O)(O)OCC1OC(c2cnc3c(N4CCCCC4)nc(Cl)nn23)C(O)C1O. The molecule has 0 saturated carbocycles. The lowest BCUT2D eigenvalue weighted by Gasteiger charge is -2.27. The van der Waals surface area contributed by atoms with Crippen molar-refractivity contribution >= 4 is 38.3 Å². The van der Waals surface area contributed by atoms with Crippen LogP contribution >= 0.6 is 26.8 Å². The number of ether oxygens (including phenoxy) is 1. The number of aromatic nitrogens is 4. The van der Waals surface area contributed by atoms with Gasteiger partial charge in [0.05, 0.1) is 18.5 Å². The highest BCUT2D eigenvalue weighted by molar-refractivity contribution is 7.70. The number of imidazole rings is 1. The smallest absolute Gasteiger partial charge is 0.340 e. The molecule has 33 heavy (non-hydrogen) atoms. The van der Waals surface area contributed by atoms with Crippen LogP contribution < -0.4 is 4.90 Å². The van der Waals surface area contributed by atoms with E-state index in [1.165, 1.54) is 10.7 Å². The summed E-state index contributed by atoms with van der Waals surface area (Å²) in [5.74, 6) is -0.843. The van der Waals surface area contributed by atoms with Crippen LogP contribution in [-0.4, -0.2) is 88.4 Å². The third-order valence-corrected chi connectivity index (χ3v) is 9.07. The Balaban J connectivity index is 1.55. The molecular weight excluding hydrogens is 504 g/mol. The second kappa shape index (κ2) is 9.46. The summed E-state index contributed by atoms with van der Waals surface area (Å²) in [6.45, 7) is 0.872. The standard InChI is InChI=1S/C16H24ClN5O9P2/c17-16-19-15(21-4-2-1-3-5-21)14-18-6-9(22(14)20-16)13-12(24)11(23)10(31-13)7-30-33(28,29)8-32(25,26)27/h6,10-13,23-24H,1-5,7-8H2,(H,28,29)(H2,25,26,27). The Morgan fingerprint density at radius 3 is 2.52 bits per heavy atom. The molecule has 2 fully saturated rings. The number of hydrogen-bond donors (Lipinski definition) is 5. The molecule has 2 aliphatic heterocycles. The molecule has 4 rings (SSSR count). The number of piperidine rings is 1. The van der Waals surface area contributed by atoms with Gasteiger partial charge in [0.1, 0.15) is 24.4 Å². The topological polar surface area (TPSA) is 200 Å². The first-order chi connectivity index (χ1) is 15.5. The summed E-state index contributed by atoms with van der Waals surface area (Å²) in [7, 11) is -9.47. The van der Waals surface area contributed by atoms with E-state index >= 15 is 0 Å². The summed E-state index contributed by atoms with van der Waals surface area (Å²) in [6, 6.07) is 0. The van der Waals surface area contributed by atoms with E-state index in [-0.39, 0.29) is 11.0 Å². The van der Waals surface area contributed by atoms with Crippen LogP contribution in [0.15, 0.2) is 6.20 Å². The summed E-state index contributed by atoms with van der Waals surface area (Å²) < 4.78 is 34.6. The third kappa shape index (κ3) is 5.57. The summed E-state index contributed by atoms with van der Waals surface area (Å²) >= 11 is 6.13. The number of fused-ring (bicyclic) bond motifs is 1. The second-order valence-corrected chi connectivity index (χ2v) is 12.3. The minimum atomic E-state index is -4.81. The molecule has 2 aromatic rings. The molecule has 0 amide bonds. The highest BCUT2D eigenvalue weighted by Gasteiger charge is 2.46. The lowest BCUT2D eigenvalue weighted by Crippen LogP contribution is -2.33. The van der Waals surface area contributed by atoms with Gasteiger partial charge in [0.25, 0.3) is 0 Å². The van der Waals surface area contributed by atoms with Crippen molar-refractivity contribution in [3.8, 4) is 0 Å². The van der Waals surface area contributed by atoms with Gasteiger partial charge in [0, 0.05) is 13.1 Å². The predicted octanol–water partition coefficient (Wildman–Crippen LogP) is 0.267. The van der Waals surface area contributed by atoms with Crippen LogP contribution in [-0.2, 0) is 18.4 Å². The maximum Gasteiger partial charge on any atom is 0.340 e. The zero-order valence-corrected chi connectivity index (χ0v) is 19.8. The van der Waals surface area contributed by atoms with Crippen molar-refractivity contribution in [1.82, 2.24) is 19.6 Å². The fourth-order valence-electron chi connectivity index (χ4n) is 3.97. The maximum atomic E-state index is 11.9. The highest BCUT2D eigenvalue weighted by Crippen LogP contribution is 2.55. The van der Waals surface area contributed by atoms with E-state index in [0.29, 0.717) is 11.5 Å². The van der Waals surface area contributed by atoms with E-state index in [1.54, 1.807) is 0 Å². The van der Waals surface area contributed by atoms with E-state index in [4.69, 9.17) is 30.6 Å². The molecule has 5 atom stereocenters. The van der Waals surface area contributed by atoms with Crippen LogP contribution in [0.5, 0.6) is 0 Å². The molecule has 2 aliphatic rings. The normalized spacial score (nSPS) is 28.4. The van der Waals surface area contributed by atoms with Crippen molar-refractivity contribution in [3.63, 3.8) is 0 Å². The maximum absolute atomic E-state index is 11.9. The van der Waals surface area contributed by atoms with Crippen molar-refractivity contribution in [2.24, 2.45) is 0 Å². The molecule has 0 bridgehead atoms. The average molecular weight is 528 g/mol. The zero-order valence-electron chi connectivity index (χ0n) is 17.2. The highest BCUT2D eigenvalue weighted by atomic mass is 35.5. The molecule has 184 valence electrons. The van der Waals surface area contributed by atoms with Crippen molar-refractivity contribution in [3.05, 3.63) is 17.2 Å². The first-order valence-corrected chi connectivity index (χ1v) is 14.1. The molecule has 4 heterocycles. The lowest BCUT2D eigenvalue weighted by atomic mass is 10.1. The van der Waals surface area contributed by atoms with Crippen LogP contribution in [0.2, 0.25) is 5.28 Å². The molecule has 2 aromatic heterocycles. The molecule has 0 aromatic carbocycles. The minimum Gasteiger partial charge on any atom is -0.387 e. The fourth-order valence-corrected chi connectivity index (χ4v) is 6.69. The fraction of sp³-hybridized carbons (Fsp3) is 0.688. The number of aliphatic hydroxyl groups excluding tert-OH is 2. The van der Waals surface area contributed by atoms with E-state index < -0.39 is 52.1 Å². The molecule has 0 aliphatic carbocycles. The van der Waals surface area contributed by atoms with Crippen molar-refractivity contribution in [2.75, 3.05) is 30.5 Å². The second-order valence-electron chi connectivity index (χ2n) is 7.99. The Kier molecular flexibility index (Phi) is 7.15. The van der Waals surface area contributed by atoms with E-state index in [2.05, 4.69) is 15.1 Å². The van der Waals surface area contributed by atoms with Crippen LogP contribution in [0.4, 0.5) is 5.82 Å². The number of halogens is 1. The lowest BCUT2D eigenvalue weighted by molar-refractivity contribution is -0.0204. The molecule has 5 unspecified atom stereocenters. The van der Waals surface area contributed by atoms with E-state index in [0.717, 1.165) is 32.4 Å². The first kappa shape index (κ1) is 24.9. The third-order valence-electron chi connectivity index (χ3n) is 5.46. The van der Waals surface area contributed by atoms with Crippen LogP contribution in [0.1, 0.15) is 31.1 Å². The Morgan fingerprint density at radius 1 is 1.15 bits per heavy atom. The van der Waals surface area contributed by atoms with Gasteiger partial charge in [0.2, 0.25) is 5.28 Å². The summed E-state index contributed by atoms with van der Waals surface area (Å²) in [4.78, 5) is 38.1. The van der Waals surface area contributed by atoms with Gasteiger partial charge in [-0.25, -0.2) is 9.50 Å². The zero-order chi connectivity index (χ0) is 24.0. The molecule has 2 saturated heterocycles. The van der Waals surface area contributed by atoms with Gasteiger partial charge in [-0.3, -0.25) is 9.13 Å². The van der Waals surface area contributed by atoms with Gasteiger partial charge in [-0.1, -0.05) is 0 Å². The van der Waals surface area contributed by atoms with E-state index in [9.17, 15) is 24.2 Å². The number of nitrogens with zero attached hydrogens (tertiary/aromatic N) is 5. The Morgan fingerprint density at radius 2 is 1.85 bits per heavy atom. The molecule has 0 radical (unpaired) electrons. The van der Waals surface area contributed by atoms with Crippen LogP contribution in [0, 0.1) is 0 Å². The monoisotopic (exact) mass is 527 g/mol. The number of anilines is 1. The molecule has 0 spiro atoms. The van der Waals surface area contributed by atoms with Gasteiger partial charge >= 0.3 is 15.2 Å². The number of rotatable bonds is 7. The average Bonchev–Trinajstić information content (AvgIpc) is 3.26. The van der Waals surface area contributed by atoms with E-state index in [1.807, 2.05) is 4.90 Å². The number of hydrogen-bond acceptors (Lipinski definition) is 10. The largest absolute Gasteiger partial charge is 0.387 e. The Labute approximate surface area is 192 Å². The molecule has 5 N–H and O–H groups in total. The van der Waals surface area contributed by atoms with Gasteiger partial charge in [-0.15, -0.1) is 5.10 Å². The Bertz CT molecular complexity index is 1110. The van der Waals surface area contributed by atoms with Crippen molar-refractivity contribution in [1.29, 1.82) is 0 Å². The van der Waals surface area contributed by atoms with Gasteiger partial charge < -0.3 is 39.1 Å². The summed E-state index contributed by atoms with van der Waals surface area (Å²) in [5.41, 5.74) is 0.659. The molecule has 17 heteroatoms. The minimum absolute atomic E-state index is 0.0473. The van der Waals surface area contributed by atoms with Gasteiger partial charge in [-0.05, 0) is 30.9 Å². The summed E-state index contributed by atoms with van der Waals surface area (Å²) in [6.07, 6.45) is -0.867. The number of aliphatic hydroxyl groups is 2. The van der Waals surface area contributed by atoms with Crippen LogP contribution in [0.3, 0.4) is 0 Å². The van der Waals surface area contributed by atoms with Crippen molar-refractivity contribution in [2.45, 2.75) is 43.7 Å². The quantitative estimate of drug-likeness (QED) is 0.307. The molecule has 14 nitrogen and oxygen atoms in total. The Hall–Kier alpha value is -1.18. The predicted molar refractivity (Wildman–Crippen MR) is 114 cm³/mol.